The second kappa shape index (κ2) is 10.5. The Hall–Kier alpha value is -3.65. The molecular formula is C28H32N2O6. The Labute approximate surface area is 211 Å². The molecule has 1 N–H and O–H groups in total. The van der Waals surface area contributed by atoms with Gasteiger partial charge in [0.15, 0.2) is 0 Å². The van der Waals surface area contributed by atoms with Gasteiger partial charge in [0.25, 0.3) is 11.7 Å². The summed E-state index contributed by atoms with van der Waals surface area (Å²) in [7, 11) is 1.31. The highest BCUT2D eigenvalue weighted by molar-refractivity contribution is 6.46. The van der Waals surface area contributed by atoms with Crippen LogP contribution in [0.3, 0.4) is 0 Å². The van der Waals surface area contributed by atoms with Crippen molar-refractivity contribution < 1.29 is 29.0 Å². The third-order valence-corrected chi connectivity index (χ3v) is 6.91. The van der Waals surface area contributed by atoms with Gasteiger partial charge in [0.1, 0.15) is 17.6 Å². The maximum atomic E-state index is 13.3. The first kappa shape index (κ1) is 25.4. The van der Waals surface area contributed by atoms with Crippen LogP contribution in [0.1, 0.15) is 53.9 Å². The van der Waals surface area contributed by atoms with Crippen LogP contribution in [0.4, 0.5) is 0 Å². The number of ether oxygens (including phenoxy) is 2. The molecule has 1 fully saturated rings. The van der Waals surface area contributed by atoms with Crippen molar-refractivity contribution in [3.63, 3.8) is 0 Å². The number of Topliss-reactive ketones (excluding diaryl/α,β-unsaturated/α-hetero) is 1. The highest BCUT2D eigenvalue weighted by Crippen LogP contribution is 2.40. The zero-order chi connectivity index (χ0) is 26.0. The molecule has 1 saturated heterocycles. The smallest absolute Gasteiger partial charge is 0.337 e. The summed E-state index contributed by atoms with van der Waals surface area (Å²) >= 11 is 0. The zero-order valence-electron chi connectivity index (χ0n) is 21.1. The highest BCUT2D eigenvalue weighted by Gasteiger charge is 2.46. The van der Waals surface area contributed by atoms with Crippen LogP contribution in [-0.2, 0) is 20.7 Å². The molecule has 2 atom stereocenters. The van der Waals surface area contributed by atoms with Gasteiger partial charge in [-0.25, -0.2) is 4.79 Å². The number of nitrogens with zero attached hydrogens (tertiary/aromatic N) is 2. The second-order valence-electron chi connectivity index (χ2n) is 9.09. The molecule has 0 bridgehead atoms. The lowest BCUT2D eigenvalue weighted by Gasteiger charge is -2.28. The Kier molecular flexibility index (Phi) is 7.45. The predicted molar refractivity (Wildman–Crippen MR) is 135 cm³/mol. The van der Waals surface area contributed by atoms with Crippen LogP contribution in [0.5, 0.6) is 5.75 Å². The summed E-state index contributed by atoms with van der Waals surface area (Å²) in [5.74, 6) is -1.31. The largest absolute Gasteiger partial charge is 0.507 e. The van der Waals surface area contributed by atoms with E-state index in [4.69, 9.17) is 9.47 Å². The lowest BCUT2D eigenvalue weighted by atomic mass is 9.94. The summed E-state index contributed by atoms with van der Waals surface area (Å²) < 4.78 is 10.5. The van der Waals surface area contributed by atoms with E-state index in [9.17, 15) is 19.5 Å². The number of hydrogen-bond acceptors (Lipinski definition) is 7. The summed E-state index contributed by atoms with van der Waals surface area (Å²) in [5, 5.41) is 11.4. The fourth-order valence-electron chi connectivity index (χ4n) is 4.89. The number of esters is 1. The van der Waals surface area contributed by atoms with Gasteiger partial charge in [0, 0.05) is 25.1 Å². The average molecular weight is 493 g/mol. The van der Waals surface area contributed by atoms with E-state index >= 15 is 0 Å². The van der Waals surface area contributed by atoms with Gasteiger partial charge in [0.2, 0.25) is 0 Å². The van der Waals surface area contributed by atoms with Crippen LogP contribution in [0.25, 0.3) is 5.76 Å². The molecule has 190 valence electrons. The van der Waals surface area contributed by atoms with Gasteiger partial charge < -0.3 is 24.4 Å². The Morgan fingerprint density at radius 3 is 2.42 bits per heavy atom. The summed E-state index contributed by atoms with van der Waals surface area (Å²) in [6, 6.07) is 11.1. The van der Waals surface area contributed by atoms with Crippen molar-refractivity contribution in [1.29, 1.82) is 0 Å². The number of amides is 1. The molecule has 8 heteroatoms. The molecule has 4 rings (SSSR count). The Balaban J connectivity index is 1.78. The summed E-state index contributed by atoms with van der Waals surface area (Å²) in [5.41, 5.74) is 2.43. The first-order valence-electron chi connectivity index (χ1n) is 12.3. The molecule has 0 aliphatic carbocycles. The topological polar surface area (TPSA) is 96.4 Å². The lowest BCUT2D eigenvalue weighted by Crippen LogP contribution is -2.38. The molecule has 0 unspecified atom stereocenters. The van der Waals surface area contributed by atoms with Gasteiger partial charge >= 0.3 is 5.97 Å². The number of likely N-dealkylation sites (tertiary alicyclic amines) is 1. The van der Waals surface area contributed by atoms with Crippen molar-refractivity contribution in [2.75, 3.05) is 33.3 Å². The van der Waals surface area contributed by atoms with Crippen LogP contribution < -0.4 is 4.74 Å². The Morgan fingerprint density at radius 1 is 1.11 bits per heavy atom. The minimum atomic E-state index is -0.782. The first-order chi connectivity index (χ1) is 17.3. The maximum absolute atomic E-state index is 13.3. The SMILES string of the molecule is CCN(CC)CCN1C(=O)C(=O)/C(=C(/O)c2ccc3c(c2)C[C@@H](C)O3)[C@H]1c1ccc(C(=O)OC)cc1. The molecule has 0 spiro atoms. The number of likely N-dealkylation sites (N-methyl/N-ethyl adjacent to an activating group) is 1. The number of aliphatic hydroxyl groups is 1. The number of benzene rings is 2. The summed E-state index contributed by atoms with van der Waals surface area (Å²) in [4.78, 5) is 42.1. The van der Waals surface area contributed by atoms with Gasteiger partial charge in [0.05, 0.1) is 24.3 Å². The lowest BCUT2D eigenvalue weighted by molar-refractivity contribution is -0.140. The quantitative estimate of drug-likeness (QED) is 0.261. The van der Waals surface area contributed by atoms with Crippen LogP contribution in [0.15, 0.2) is 48.0 Å². The Morgan fingerprint density at radius 2 is 1.78 bits per heavy atom. The molecule has 2 aliphatic heterocycles. The van der Waals surface area contributed by atoms with Crippen molar-refractivity contribution in [3.05, 3.63) is 70.3 Å². The minimum absolute atomic E-state index is 0.0383. The minimum Gasteiger partial charge on any atom is -0.507 e. The van der Waals surface area contributed by atoms with E-state index in [0.29, 0.717) is 36.2 Å². The molecule has 2 aliphatic rings. The molecule has 36 heavy (non-hydrogen) atoms. The van der Waals surface area contributed by atoms with E-state index in [-0.39, 0.29) is 17.4 Å². The van der Waals surface area contributed by atoms with Crippen LogP contribution >= 0.6 is 0 Å². The van der Waals surface area contributed by atoms with Gasteiger partial charge in [-0.3, -0.25) is 9.59 Å². The first-order valence-corrected chi connectivity index (χ1v) is 12.3. The molecule has 2 heterocycles. The number of ketones is 1. The van der Waals surface area contributed by atoms with E-state index in [1.54, 1.807) is 36.4 Å². The van der Waals surface area contributed by atoms with Gasteiger partial charge in [-0.2, -0.15) is 0 Å². The average Bonchev–Trinajstić information content (AvgIpc) is 3.39. The summed E-state index contributed by atoms with van der Waals surface area (Å²) in [6.07, 6.45) is 0.740. The number of fused-ring (bicyclic) bond motifs is 1. The summed E-state index contributed by atoms with van der Waals surface area (Å²) in [6.45, 7) is 8.59. The van der Waals surface area contributed by atoms with Gasteiger partial charge in [-0.05, 0) is 61.5 Å². The number of rotatable bonds is 8. The van der Waals surface area contributed by atoms with Crippen molar-refractivity contribution in [2.45, 2.75) is 39.3 Å². The number of carbonyl (C=O) groups excluding carboxylic acids is 3. The zero-order valence-corrected chi connectivity index (χ0v) is 21.1. The van der Waals surface area contributed by atoms with Gasteiger partial charge in [-0.15, -0.1) is 0 Å². The van der Waals surface area contributed by atoms with Crippen LogP contribution in [-0.4, -0.2) is 72.0 Å². The molecule has 0 saturated carbocycles. The molecule has 1 amide bonds. The molecule has 2 aromatic rings. The third kappa shape index (κ3) is 4.73. The fraction of sp³-hybridized carbons (Fsp3) is 0.393. The number of methoxy groups -OCH3 is 1. The molecule has 0 aromatic heterocycles. The molecule has 2 aromatic carbocycles. The normalized spacial score (nSPS) is 20.5. The van der Waals surface area contributed by atoms with Crippen LogP contribution in [0.2, 0.25) is 0 Å². The number of hydrogen-bond donors (Lipinski definition) is 1. The maximum Gasteiger partial charge on any atom is 0.337 e. The van der Waals surface area contributed by atoms with E-state index in [1.165, 1.54) is 12.0 Å². The third-order valence-electron chi connectivity index (χ3n) is 6.91. The van der Waals surface area contributed by atoms with E-state index in [2.05, 4.69) is 4.90 Å². The second-order valence-corrected chi connectivity index (χ2v) is 9.09. The van der Waals surface area contributed by atoms with Crippen molar-refractivity contribution >= 4 is 23.4 Å². The Bertz CT molecular complexity index is 1200. The molecular weight excluding hydrogens is 460 g/mol. The van der Waals surface area contributed by atoms with Crippen molar-refractivity contribution in [1.82, 2.24) is 9.80 Å². The monoisotopic (exact) mass is 492 g/mol. The van der Waals surface area contributed by atoms with E-state index in [1.807, 2.05) is 26.8 Å². The van der Waals surface area contributed by atoms with Crippen molar-refractivity contribution in [3.8, 4) is 5.75 Å². The standard InChI is InChI=1S/C28H32N2O6/c1-5-29(6-2)13-14-30-24(18-7-9-19(10-8-18)28(34)35-4)23(26(32)27(30)33)25(31)20-11-12-22-21(16-20)15-17(3)36-22/h7-12,16-17,24,31H,5-6,13-15H2,1-4H3/b25-23+/t17-,24-/m1/s1. The number of aliphatic hydroxyl groups excluding tert-OH is 1. The molecule has 0 radical (unpaired) electrons. The highest BCUT2D eigenvalue weighted by atomic mass is 16.5. The fourth-order valence-corrected chi connectivity index (χ4v) is 4.89. The number of carbonyl (C=O) groups is 3. The van der Waals surface area contributed by atoms with Crippen molar-refractivity contribution in [2.24, 2.45) is 0 Å². The molecule has 8 nitrogen and oxygen atoms in total. The van der Waals surface area contributed by atoms with Gasteiger partial charge in [-0.1, -0.05) is 26.0 Å². The van der Waals surface area contributed by atoms with Crippen LogP contribution in [0, 0.1) is 0 Å². The van der Waals surface area contributed by atoms with E-state index in [0.717, 1.165) is 24.4 Å². The van der Waals surface area contributed by atoms with E-state index < -0.39 is 23.7 Å². The predicted octanol–water partition coefficient (Wildman–Crippen LogP) is 3.56.